The van der Waals surface area contributed by atoms with Crippen LogP contribution in [-0.4, -0.2) is 35.3 Å². The summed E-state index contributed by atoms with van der Waals surface area (Å²) in [4.78, 5) is 20.0. The molecular weight excluding hydrogens is 280 g/mol. The number of hydrogen-bond acceptors (Lipinski definition) is 6. The Balaban J connectivity index is 2.37. The van der Waals surface area contributed by atoms with Gasteiger partial charge in [0.15, 0.2) is 5.16 Å². The Morgan fingerprint density at radius 2 is 1.75 bits per heavy atom. The molecule has 0 aliphatic heterocycles. The number of hydrogen-bond donors (Lipinski definition) is 1. The molecule has 6 nitrogen and oxygen atoms in total. The highest BCUT2D eigenvalue weighted by Crippen LogP contribution is 2.30. The third kappa shape index (κ3) is 3.18. The van der Waals surface area contributed by atoms with Crippen molar-refractivity contribution in [2.45, 2.75) is 10.1 Å². The summed E-state index contributed by atoms with van der Waals surface area (Å²) in [5, 5.41) is 9.50. The molecule has 1 aromatic carbocycles. The number of carbonyl (C=O) groups is 1. The molecule has 2 rings (SSSR count). The Morgan fingerprint density at radius 1 is 1.15 bits per heavy atom. The van der Waals surface area contributed by atoms with Gasteiger partial charge in [-0.05, 0) is 23.9 Å². The summed E-state index contributed by atoms with van der Waals surface area (Å²) in [6, 6.07) is 8.20. The van der Waals surface area contributed by atoms with Crippen LogP contribution < -0.4 is 9.47 Å². The first kappa shape index (κ1) is 14.1. The molecule has 20 heavy (non-hydrogen) atoms. The van der Waals surface area contributed by atoms with E-state index < -0.39 is 5.97 Å². The maximum absolute atomic E-state index is 11.2. The second-order valence-corrected chi connectivity index (χ2v) is 4.65. The lowest BCUT2D eigenvalue weighted by atomic mass is 10.2. The Hall–Kier alpha value is -2.28. The minimum absolute atomic E-state index is 0.197. The van der Waals surface area contributed by atoms with Crippen LogP contribution in [0.2, 0.25) is 0 Å². The van der Waals surface area contributed by atoms with Gasteiger partial charge in [0.05, 0.1) is 25.8 Å². The van der Waals surface area contributed by atoms with Crippen molar-refractivity contribution in [3.8, 4) is 11.8 Å². The van der Waals surface area contributed by atoms with Crippen molar-refractivity contribution in [2.24, 2.45) is 0 Å². The molecule has 0 radical (unpaired) electrons. The van der Waals surface area contributed by atoms with E-state index in [1.165, 1.54) is 20.3 Å². The van der Waals surface area contributed by atoms with Gasteiger partial charge in [-0.1, -0.05) is 12.1 Å². The van der Waals surface area contributed by atoms with Gasteiger partial charge in [0.2, 0.25) is 11.8 Å². The van der Waals surface area contributed by atoms with Crippen LogP contribution in [0.5, 0.6) is 11.8 Å². The normalized spacial score (nSPS) is 10.1. The first-order valence-electron chi connectivity index (χ1n) is 5.61. The van der Waals surface area contributed by atoms with Gasteiger partial charge in [0.25, 0.3) is 0 Å². The van der Waals surface area contributed by atoms with Gasteiger partial charge >= 0.3 is 5.97 Å². The first-order valence-corrected chi connectivity index (χ1v) is 6.43. The summed E-state index contributed by atoms with van der Waals surface area (Å²) >= 11 is 1.14. The maximum Gasteiger partial charge on any atom is 0.336 e. The molecule has 104 valence electrons. The predicted octanol–water partition coefficient (Wildman–Crippen LogP) is 2.34. The quantitative estimate of drug-likeness (QED) is 0.847. The zero-order chi connectivity index (χ0) is 14.5. The molecule has 7 heteroatoms. The Morgan fingerprint density at radius 3 is 2.30 bits per heavy atom. The van der Waals surface area contributed by atoms with E-state index in [9.17, 15) is 4.79 Å². The smallest absolute Gasteiger partial charge is 0.336 e. The van der Waals surface area contributed by atoms with Crippen molar-refractivity contribution in [3.05, 3.63) is 35.9 Å². The van der Waals surface area contributed by atoms with Gasteiger partial charge in [-0.3, -0.25) is 0 Å². The molecule has 0 bridgehead atoms. The maximum atomic E-state index is 11.2. The van der Waals surface area contributed by atoms with Crippen LogP contribution in [0.25, 0.3) is 0 Å². The molecule has 1 aromatic heterocycles. The van der Waals surface area contributed by atoms with Gasteiger partial charge in [0, 0.05) is 4.90 Å². The number of carboxylic acid groups (broad SMARTS) is 1. The van der Waals surface area contributed by atoms with E-state index in [0.717, 1.165) is 11.8 Å². The summed E-state index contributed by atoms with van der Waals surface area (Å²) < 4.78 is 10.1. The van der Waals surface area contributed by atoms with Crippen molar-refractivity contribution in [2.75, 3.05) is 14.2 Å². The standard InChI is InChI=1S/C13H12N2O4S/c1-18-10-7-11(19-2)15-13(14-10)20-9-6-4-3-5-8(9)12(16)17/h3-7H,1-2H3,(H,16,17). The zero-order valence-corrected chi connectivity index (χ0v) is 11.7. The van der Waals surface area contributed by atoms with Crippen LogP contribution in [0.15, 0.2) is 40.4 Å². The second kappa shape index (κ2) is 6.25. The molecule has 1 N–H and O–H groups in total. The predicted molar refractivity (Wildman–Crippen MR) is 72.7 cm³/mol. The van der Waals surface area contributed by atoms with Gasteiger partial charge < -0.3 is 14.6 Å². The lowest BCUT2D eigenvalue weighted by Gasteiger charge is -2.07. The van der Waals surface area contributed by atoms with E-state index in [1.807, 2.05) is 0 Å². The van der Waals surface area contributed by atoms with E-state index in [1.54, 1.807) is 24.3 Å². The number of rotatable bonds is 5. The zero-order valence-electron chi connectivity index (χ0n) is 10.9. The molecule has 0 amide bonds. The van der Waals surface area contributed by atoms with Gasteiger partial charge in [-0.2, -0.15) is 9.97 Å². The summed E-state index contributed by atoms with van der Waals surface area (Å²) in [7, 11) is 2.98. The van der Waals surface area contributed by atoms with Gasteiger partial charge in [0.1, 0.15) is 0 Å². The fourth-order valence-corrected chi connectivity index (χ4v) is 2.35. The first-order chi connectivity index (χ1) is 9.63. The highest BCUT2D eigenvalue weighted by Gasteiger charge is 2.13. The van der Waals surface area contributed by atoms with Crippen LogP contribution >= 0.6 is 11.8 Å². The lowest BCUT2D eigenvalue weighted by Crippen LogP contribution is -2.00. The topological polar surface area (TPSA) is 81.5 Å². The average molecular weight is 292 g/mol. The Labute approximate surface area is 119 Å². The summed E-state index contributed by atoms with van der Waals surface area (Å²) in [5.74, 6) is -0.290. The molecule has 0 aliphatic rings. The number of aromatic carboxylic acids is 1. The number of benzene rings is 1. The molecule has 1 heterocycles. The van der Waals surface area contributed by atoms with E-state index in [2.05, 4.69) is 9.97 Å². The van der Waals surface area contributed by atoms with E-state index in [4.69, 9.17) is 14.6 Å². The molecule has 0 atom stereocenters. The van der Waals surface area contributed by atoms with Crippen molar-refractivity contribution in [1.82, 2.24) is 9.97 Å². The molecule has 2 aromatic rings. The molecular formula is C13H12N2O4S. The van der Waals surface area contributed by atoms with Crippen LogP contribution in [0.3, 0.4) is 0 Å². The fourth-order valence-electron chi connectivity index (χ4n) is 1.47. The van der Waals surface area contributed by atoms with Crippen LogP contribution in [0.4, 0.5) is 0 Å². The minimum Gasteiger partial charge on any atom is -0.481 e. The number of carboxylic acids is 1. The lowest BCUT2D eigenvalue weighted by molar-refractivity contribution is 0.0693. The van der Waals surface area contributed by atoms with Crippen molar-refractivity contribution < 1.29 is 19.4 Å². The fraction of sp³-hybridized carbons (Fsp3) is 0.154. The van der Waals surface area contributed by atoms with Crippen LogP contribution in [0, 0.1) is 0 Å². The van der Waals surface area contributed by atoms with Crippen molar-refractivity contribution >= 4 is 17.7 Å². The molecule has 0 aliphatic carbocycles. The van der Waals surface area contributed by atoms with E-state index in [0.29, 0.717) is 21.8 Å². The van der Waals surface area contributed by atoms with Gasteiger partial charge in [-0.15, -0.1) is 0 Å². The van der Waals surface area contributed by atoms with Crippen molar-refractivity contribution in [1.29, 1.82) is 0 Å². The Bertz CT molecular complexity index is 611. The number of ether oxygens (including phenoxy) is 2. The summed E-state index contributed by atoms with van der Waals surface area (Å²) in [6.45, 7) is 0. The SMILES string of the molecule is COc1cc(OC)nc(Sc2ccccc2C(=O)O)n1. The van der Waals surface area contributed by atoms with E-state index in [-0.39, 0.29) is 5.56 Å². The average Bonchev–Trinajstić information content (AvgIpc) is 2.47. The summed E-state index contributed by atoms with van der Waals surface area (Å²) in [5.41, 5.74) is 0.197. The molecule has 0 saturated carbocycles. The Kier molecular flexibility index (Phi) is 4.41. The van der Waals surface area contributed by atoms with Gasteiger partial charge in [-0.25, -0.2) is 4.79 Å². The third-order valence-electron chi connectivity index (χ3n) is 2.40. The monoisotopic (exact) mass is 292 g/mol. The van der Waals surface area contributed by atoms with E-state index >= 15 is 0 Å². The highest BCUT2D eigenvalue weighted by atomic mass is 32.2. The van der Waals surface area contributed by atoms with Crippen molar-refractivity contribution in [3.63, 3.8) is 0 Å². The summed E-state index contributed by atoms with van der Waals surface area (Å²) in [6.07, 6.45) is 0. The number of methoxy groups -OCH3 is 2. The molecule has 0 fully saturated rings. The molecule has 0 spiro atoms. The third-order valence-corrected chi connectivity index (χ3v) is 3.34. The molecule has 0 unspecified atom stereocenters. The largest absolute Gasteiger partial charge is 0.481 e. The molecule has 0 saturated heterocycles. The minimum atomic E-state index is -0.997. The number of aromatic nitrogens is 2. The van der Waals surface area contributed by atoms with Crippen LogP contribution in [0.1, 0.15) is 10.4 Å². The highest BCUT2D eigenvalue weighted by molar-refractivity contribution is 7.99. The number of nitrogens with zero attached hydrogens (tertiary/aromatic N) is 2. The van der Waals surface area contributed by atoms with Crippen LogP contribution in [-0.2, 0) is 0 Å². The second-order valence-electron chi connectivity index (χ2n) is 3.64.